The Morgan fingerprint density at radius 2 is 0.845 bits per heavy atom. The van der Waals surface area contributed by atoms with Crippen LogP contribution in [0.1, 0.15) is 0 Å². The van der Waals surface area contributed by atoms with Gasteiger partial charge in [-0.1, -0.05) is 121 Å². The second-order valence-electron chi connectivity index (χ2n) is 14.9. The Kier molecular flexibility index (Phi) is 7.20. The molecule has 0 saturated heterocycles. The summed E-state index contributed by atoms with van der Waals surface area (Å²) in [6.45, 7) is 0. The first-order valence-electron chi connectivity index (χ1n) is 19.7. The van der Waals surface area contributed by atoms with Crippen molar-refractivity contribution in [2.24, 2.45) is 0 Å². The lowest BCUT2D eigenvalue weighted by Crippen LogP contribution is -2.09. The minimum absolute atomic E-state index is 0.828. The van der Waals surface area contributed by atoms with Gasteiger partial charge in [-0.2, -0.15) is 0 Å². The molecule has 12 rings (SSSR count). The number of rotatable bonds is 6. The first-order valence-corrected chi connectivity index (χ1v) is 19.7. The number of anilines is 6. The van der Waals surface area contributed by atoms with Crippen molar-refractivity contribution in [1.82, 2.24) is 0 Å². The lowest BCUT2D eigenvalue weighted by molar-refractivity contribution is 0.668. The van der Waals surface area contributed by atoms with Crippen LogP contribution in [-0.2, 0) is 0 Å². The molecule has 0 amide bonds. The van der Waals surface area contributed by atoms with Gasteiger partial charge in [-0.15, -0.1) is 0 Å². The van der Waals surface area contributed by atoms with Crippen molar-refractivity contribution in [2.45, 2.75) is 0 Å². The van der Waals surface area contributed by atoms with E-state index in [1.807, 2.05) is 12.1 Å². The van der Waals surface area contributed by atoms with Crippen LogP contribution in [-0.4, -0.2) is 0 Å². The summed E-state index contributed by atoms with van der Waals surface area (Å²) in [5.74, 6) is 0. The molecule has 0 aliphatic carbocycles. The third kappa shape index (κ3) is 5.02. The molecule has 0 fully saturated rings. The summed E-state index contributed by atoms with van der Waals surface area (Å²) in [6.07, 6.45) is 0. The highest BCUT2D eigenvalue weighted by molar-refractivity contribution is 6.30. The van der Waals surface area contributed by atoms with Gasteiger partial charge in [0, 0.05) is 55.7 Å². The summed E-state index contributed by atoms with van der Waals surface area (Å²) >= 11 is 0. The van der Waals surface area contributed by atoms with E-state index in [4.69, 9.17) is 8.83 Å². The Balaban J connectivity index is 1.07. The number of furan rings is 2. The largest absolute Gasteiger partial charge is 0.455 e. The molecule has 0 spiro atoms. The van der Waals surface area contributed by atoms with Gasteiger partial charge in [0.2, 0.25) is 0 Å². The maximum Gasteiger partial charge on any atom is 0.159 e. The molecule has 4 heteroatoms. The van der Waals surface area contributed by atoms with E-state index in [0.29, 0.717) is 0 Å². The van der Waals surface area contributed by atoms with Gasteiger partial charge in [0.05, 0.1) is 11.4 Å². The van der Waals surface area contributed by atoms with Crippen LogP contribution in [0.2, 0.25) is 0 Å². The van der Waals surface area contributed by atoms with Crippen LogP contribution >= 0.6 is 0 Å². The van der Waals surface area contributed by atoms with Crippen LogP contribution in [0.15, 0.2) is 215 Å². The summed E-state index contributed by atoms with van der Waals surface area (Å²) in [5, 5.41) is 11.4. The SMILES string of the molecule is c1ccc(N(c2ccc3ccccc3c2)c2ccc3c(c2)c2ccccc2c2c4ccc(N(c5ccccc5)c5cccc6c5oc5ccccc56)cc4oc32)cc1. The van der Waals surface area contributed by atoms with Crippen LogP contribution in [0.25, 0.3) is 76.2 Å². The summed E-state index contributed by atoms with van der Waals surface area (Å²) in [5.41, 5.74) is 9.69. The van der Waals surface area contributed by atoms with Gasteiger partial charge in [0.15, 0.2) is 5.58 Å². The van der Waals surface area contributed by atoms with Crippen LogP contribution < -0.4 is 9.80 Å². The maximum absolute atomic E-state index is 7.03. The fraction of sp³-hybridized carbons (Fsp3) is 0. The third-order valence-electron chi connectivity index (χ3n) is 11.6. The van der Waals surface area contributed by atoms with E-state index in [1.165, 1.54) is 16.2 Å². The molecule has 0 aliphatic heterocycles. The molecule has 2 aromatic heterocycles. The predicted molar refractivity (Wildman–Crippen MR) is 243 cm³/mol. The molecule has 2 heterocycles. The Labute approximate surface area is 334 Å². The molecule has 0 unspecified atom stereocenters. The van der Waals surface area contributed by atoms with E-state index in [-0.39, 0.29) is 0 Å². The van der Waals surface area contributed by atoms with Gasteiger partial charge in [0.25, 0.3) is 0 Å². The fourth-order valence-corrected chi connectivity index (χ4v) is 8.96. The molecular formula is C54H34N2O2. The molecule has 0 saturated carbocycles. The maximum atomic E-state index is 7.03. The molecular weight excluding hydrogens is 709 g/mol. The lowest BCUT2D eigenvalue weighted by Gasteiger charge is -2.26. The van der Waals surface area contributed by atoms with E-state index >= 15 is 0 Å². The van der Waals surface area contributed by atoms with E-state index in [9.17, 15) is 0 Å². The van der Waals surface area contributed by atoms with Gasteiger partial charge < -0.3 is 18.6 Å². The second kappa shape index (κ2) is 12.9. The molecule has 0 N–H and O–H groups in total. The van der Waals surface area contributed by atoms with Crippen molar-refractivity contribution in [3.63, 3.8) is 0 Å². The molecule has 4 nitrogen and oxygen atoms in total. The van der Waals surface area contributed by atoms with Crippen molar-refractivity contribution < 1.29 is 8.83 Å². The molecule has 12 aromatic rings. The zero-order valence-electron chi connectivity index (χ0n) is 31.3. The van der Waals surface area contributed by atoms with Crippen molar-refractivity contribution in [2.75, 3.05) is 9.80 Å². The monoisotopic (exact) mass is 742 g/mol. The van der Waals surface area contributed by atoms with E-state index in [0.717, 1.165) is 94.2 Å². The number of para-hydroxylation sites is 4. The van der Waals surface area contributed by atoms with Gasteiger partial charge >= 0.3 is 0 Å². The highest BCUT2D eigenvalue weighted by atomic mass is 16.3. The normalized spacial score (nSPS) is 11.8. The molecule has 0 atom stereocenters. The highest BCUT2D eigenvalue weighted by Crippen LogP contribution is 2.47. The van der Waals surface area contributed by atoms with Crippen molar-refractivity contribution in [3.05, 3.63) is 206 Å². The van der Waals surface area contributed by atoms with Crippen molar-refractivity contribution >= 4 is 110 Å². The summed E-state index contributed by atoms with van der Waals surface area (Å²) in [7, 11) is 0. The molecule has 10 aromatic carbocycles. The quantitative estimate of drug-likeness (QED) is 0.159. The van der Waals surface area contributed by atoms with Crippen LogP contribution in [0.5, 0.6) is 0 Å². The number of hydrogen-bond acceptors (Lipinski definition) is 4. The minimum atomic E-state index is 0.828. The smallest absolute Gasteiger partial charge is 0.159 e. The molecule has 0 radical (unpaired) electrons. The van der Waals surface area contributed by atoms with Crippen molar-refractivity contribution in [1.29, 1.82) is 0 Å². The van der Waals surface area contributed by atoms with Gasteiger partial charge in [-0.05, 0) is 106 Å². The van der Waals surface area contributed by atoms with Gasteiger partial charge in [-0.25, -0.2) is 0 Å². The summed E-state index contributed by atoms with van der Waals surface area (Å²) in [4.78, 5) is 4.61. The van der Waals surface area contributed by atoms with Gasteiger partial charge in [-0.3, -0.25) is 0 Å². The van der Waals surface area contributed by atoms with Crippen LogP contribution in [0.4, 0.5) is 34.1 Å². The first-order chi connectivity index (χ1) is 28.8. The summed E-state index contributed by atoms with van der Waals surface area (Å²) in [6, 6.07) is 73.0. The average molecular weight is 743 g/mol. The first kappa shape index (κ1) is 32.4. The predicted octanol–water partition coefficient (Wildman–Crippen LogP) is 15.9. The van der Waals surface area contributed by atoms with Crippen LogP contribution in [0, 0.1) is 0 Å². The third-order valence-corrected chi connectivity index (χ3v) is 11.6. The molecule has 0 aliphatic rings. The standard InChI is InChI=1S/C54H34N2O2/c1-3-16-37(17-4-1)55(39-27-26-35-14-7-8-15-36(35)32-39)40-28-30-46-48(33-40)42-20-9-10-22-44(42)52-47-31-29-41(34-51(47)58-54(46)52)56(38-18-5-2-6-19-38)49-24-13-23-45-43-21-11-12-25-50(43)57-53(45)49/h1-34H. The summed E-state index contributed by atoms with van der Waals surface area (Å²) < 4.78 is 13.6. The zero-order valence-corrected chi connectivity index (χ0v) is 31.3. The van der Waals surface area contributed by atoms with E-state index in [2.05, 4.69) is 204 Å². The average Bonchev–Trinajstić information content (AvgIpc) is 3.87. The topological polar surface area (TPSA) is 32.8 Å². The molecule has 58 heavy (non-hydrogen) atoms. The molecule has 0 bridgehead atoms. The van der Waals surface area contributed by atoms with E-state index < -0.39 is 0 Å². The Hall–Kier alpha value is -7.82. The number of hydrogen-bond donors (Lipinski definition) is 0. The van der Waals surface area contributed by atoms with Crippen LogP contribution in [0.3, 0.4) is 0 Å². The number of benzene rings is 10. The fourth-order valence-electron chi connectivity index (χ4n) is 8.96. The number of fused-ring (bicyclic) bond motifs is 12. The minimum Gasteiger partial charge on any atom is -0.455 e. The Morgan fingerprint density at radius 1 is 0.276 bits per heavy atom. The lowest BCUT2D eigenvalue weighted by atomic mass is 9.96. The zero-order chi connectivity index (χ0) is 38.2. The van der Waals surface area contributed by atoms with Crippen molar-refractivity contribution in [3.8, 4) is 0 Å². The molecule has 272 valence electrons. The Bertz CT molecular complexity index is 3530. The second-order valence-corrected chi connectivity index (χ2v) is 14.9. The van der Waals surface area contributed by atoms with Gasteiger partial charge in [0.1, 0.15) is 16.7 Å². The highest BCUT2D eigenvalue weighted by Gasteiger charge is 2.23. The number of nitrogens with zero attached hydrogens (tertiary/aromatic N) is 2. The Morgan fingerprint density at radius 3 is 1.66 bits per heavy atom. The van der Waals surface area contributed by atoms with E-state index in [1.54, 1.807) is 0 Å².